The number of hydrogen-bond donors (Lipinski definition) is 1. The highest BCUT2D eigenvalue weighted by Crippen LogP contribution is 2.47. The minimum Gasteiger partial charge on any atom is -0.479 e. The topological polar surface area (TPSA) is 37.3 Å². The van der Waals surface area contributed by atoms with E-state index in [9.17, 15) is 4.79 Å². The summed E-state index contributed by atoms with van der Waals surface area (Å²) in [6.07, 6.45) is 0. The summed E-state index contributed by atoms with van der Waals surface area (Å²) >= 11 is 22.3. The number of carbonyl (C=O) groups is 1. The van der Waals surface area contributed by atoms with Crippen LogP contribution in [0.25, 0.3) is 0 Å². The van der Waals surface area contributed by atoms with Crippen molar-refractivity contribution >= 4 is 52.4 Å². The Bertz CT molecular complexity index is 188. The summed E-state index contributed by atoms with van der Waals surface area (Å²) in [4.78, 5) is 10.5. The summed E-state index contributed by atoms with van der Waals surface area (Å²) in [7, 11) is 0. The molecule has 0 aliphatic rings. The molecule has 0 aliphatic carbocycles. The molecule has 0 unspecified atom stereocenters. The van der Waals surface area contributed by atoms with Crippen LogP contribution in [0.3, 0.4) is 0 Å². The van der Waals surface area contributed by atoms with Gasteiger partial charge in [0.25, 0.3) is 0 Å². The largest absolute Gasteiger partial charge is 0.479 e. The highest BCUT2D eigenvalue weighted by molar-refractivity contribution is 6.68. The molecule has 0 bridgehead atoms. The molecule has 0 saturated heterocycles. The standard InChI is InChI=1S/C6H8Cl4O2/c1-3(2)5(7,8)6(9,10)4(11)12/h3H,1-2H3,(H,11,12). The van der Waals surface area contributed by atoms with Crippen molar-refractivity contribution in [3.05, 3.63) is 0 Å². The van der Waals surface area contributed by atoms with E-state index in [1.165, 1.54) is 0 Å². The normalized spacial score (nSPS) is 13.6. The highest BCUT2D eigenvalue weighted by atomic mass is 35.5. The number of aliphatic carboxylic acids is 1. The lowest BCUT2D eigenvalue weighted by Crippen LogP contribution is -2.46. The fraction of sp³-hybridized carbons (Fsp3) is 0.833. The molecule has 0 atom stereocenters. The van der Waals surface area contributed by atoms with E-state index in [-0.39, 0.29) is 5.92 Å². The van der Waals surface area contributed by atoms with E-state index in [0.29, 0.717) is 0 Å². The Morgan fingerprint density at radius 3 is 1.67 bits per heavy atom. The van der Waals surface area contributed by atoms with Crippen molar-refractivity contribution in [1.82, 2.24) is 0 Å². The van der Waals surface area contributed by atoms with Crippen LogP contribution in [0.4, 0.5) is 0 Å². The van der Waals surface area contributed by atoms with Crippen LogP contribution in [-0.4, -0.2) is 19.7 Å². The molecule has 72 valence electrons. The number of halogens is 4. The van der Waals surface area contributed by atoms with E-state index < -0.39 is 14.6 Å². The van der Waals surface area contributed by atoms with Gasteiger partial charge in [-0.15, -0.1) is 0 Å². The van der Waals surface area contributed by atoms with Gasteiger partial charge in [0.1, 0.15) is 0 Å². The first-order valence-electron chi connectivity index (χ1n) is 3.13. The number of carboxylic acid groups (broad SMARTS) is 1. The monoisotopic (exact) mass is 252 g/mol. The lowest BCUT2D eigenvalue weighted by molar-refractivity contribution is -0.138. The smallest absolute Gasteiger partial charge is 0.343 e. The Kier molecular flexibility index (Phi) is 3.99. The van der Waals surface area contributed by atoms with Gasteiger partial charge < -0.3 is 5.11 Å². The second-order valence-electron chi connectivity index (χ2n) is 2.66. The van der Waals surface area contributed by atoms with E-state index in [4.69, 9.17) is 51.5 Å². The first kappa shape index (κ1) is 12.6. The predicted molar refractivity (Wildman–Crippen MR) is 51.3 cm³/mol. The lowest BCUT2D eigenvalue weighted by atomic mass is 10.1. The lowest BCUT2D eigenvalue weighted by Gasteiger charge is -2.32. The molecule has 12 heavy (non-hydrogen) atoms. The van der Waals surface area contributed by atoms with E-state index in [2.05, 4.69) is 0 Å². The van der Waals surface area contributed by atoms with Crippen molar-refractivity contribution in [2.75, 3.05) is 0 Å². The number of hydrogen-bond acceptors (Lipinski definition) is 1. The van der Waals surface area contributed by atoms with Gasteiger partial charge in [-0.25, -0.2) is 4.79 Å². The van der Waals surface area contributed by atoms with Crippen molar-refractivity contribution < 1.29 is 9.90 Å². The highest BCUT2D eigenvalue weighted by Gasteiger charge is 2.55. The second-order valence-corrected chi connectivity index (χ2v) is 5.37. The molecule has 0 aliphatic heterocycles. The maximum atomic E-state index is 10.5. The van der Waals surface area contributed by atoms with Gasteiger partial charge >= 0.3 is 5.97 Å². The van der Waals surface area contributed by atoms with Crippen molar-refractivity contribution in [3.63, 3.8) is 0 Å². The summed E-state index contributed by atoms with van der Waals surface area (Å²) in [6, 6.07) is 0. The first-order valence-corrected chi connectivity index (χ1v) is 4.64. The van der Waals surface area contributed by atoms with Gasteiger partial charge in [-0.1, -0.05) is 60.3 Å². The Morgan fingerprint density at radius 2 is 1.58 bits per heavy atom. The molecule has 1 N–H and O–H groups in total. The van der Waals surface area contributed by atoms with Gasteiger partial charge in [0.05, 0.1) is 0 Å². The molecule has 0 aromatic rings. The van der Waals surface area contributed by atoms with Gasteiger partial charge in [-0.05, 0) is 5.92 Å². The van der Waals surface area contributed by atoms with Crippen LogP contribution in [0.2, 0.25) is 0 Å². The first-order chi connectivity index (χ1) is 5.14. The summed E-state index contributed by atoms with van der Waals surface area (Å²) in [5.74, 6) is -1.82. The van der Waals surface area contributed by atoms with Crippen molar-refractivity contribution in [3.8, 4) is 0 Å². The quantitative estimate of drug-likeness (QED) is 0.785. The van der Waals surface area contributed by atoms with Crippen LogP contribution < -0.4 is 0 Å². The summed E-state index contributed by atoms with van der Waals surface area (Å²) in [6.45, 7) is 3.25. The second kappa shape index (κ2) is 3.79. The third-order valence-corrected chi connectivity index (χ3v) is 4.16. The third kappa shape index (κ3) is 2.11. The van der Waals surface area contributed by atoms with E-state index in [1.807, 2.05) is 0 Å². The van der Waals surface area contributed by atoms with Crippen molar-refractivity contribution in [2.24, 2.45) is 5.92 Å². The maximum Gasteiger partial charge on any atom is 0.343 e. The zero-order valence-corrected chi connectivity index (χ0v) is 9.47. The average Bonchev–Trinajstić information content (AvgIpc) is 1.86. The number of rotatable bonds is 3. The summed E-state index contributed by atoms with van der Waals surface area (Å²) < 4.78 is -3.90. The van der Waals surface area contributed by atoms with E-state index >= 15 is 0 Å². The van der Waals surface area contributed by atoms with Crippen LogP contribution in [0.15, 0.2) is 0 Å². The maximum absolute atomic E-state index is 10.5. The van der Waals surface area contributed by atoms with Crippen LogP contribution in [0.1, 0.15) is 13.8 Å². The summed E-state index contributed by atoms with van der Waals surface area (Å²) in [5.41, 5.74) is 0. The average molecular weight is 254 g/mol. The Balaban J connectivity index is 4.88. The van der Waals surface area contributed by atoms with Gasteiger partial charge in [-0.3, -0.25) is 0 Å². The van der Waals surface area contributed by atoms with Crippen molar-refractivity contribution in [1.29, 1.82) is 0 Å². The zero-order chi connectivity index (χ0) is 10.2. The molecule has 0 spiro atoms. The summed E-state index contributed by atoms with van der Waals surface area (Å²) in [5, 5.41) is 8.59. The zero-order valence-electron chi connectivity index (χ0n) is 6.44. The van der Waals surface area contributed by atoms with Gasteiger partial charge in [0.2, 0.25) is 4.33 Å². The molecule has 0 amide bonds. The molecule has 0 saturated carbocycles. The molecule has 0 aromatic heterocycles. The molecule has 6 heteroatoms. The van der Waals surface area contributed by atoms with Gasteiger partial charge in [0.15, 0.2) is 4.33 Å². The van der Waals surface area contributed by atoms with E-state index in [1.54, 1.807) is 13.8 Å². The van der Waals surface area contributed by atoms with Crippen LogP contribution in [-0.2, 0) is 4.79 Å². The van der Waals surface area contributed by atoms with E-state index in [0.717, 1.165) is 0 Å². The molecule has 0 rings (SSSR count). The Morgan fingerprint density at radius 1 is 1.25 bits per heavy atom. The Hall–Kier alpha value is 0.630. The number of alkyl halides is 4. The molecule has 0 fully saturated rings. The molecule has 0 aromatic carbocycles. The molecule has 0 radical (unpaired) electrons. The Labute approximate surface area is 90.7 Å². The SMILES string of the molecule is CC(C)C(Cl)(Cl)C(Cl)(Cl)C(=O)O. The molecular formula is C6H8Cl4O2. The molecule has 2 nitrogen and oxygen atoms in total. The molecular weight excluding hydrogens is 246 g/mol. The third-order valence-electron chi connectivity index (χ3n) is 1.41. The minimum atomic E-state index is -2.19. The fourth-order valence-electron chi connectivity index (χ4n) is 0.505. The van der Waals surface area contributed by atoms with Crippen LogP contribution >= 0.6 is 46.4 Å². The number of carboxylic acids is 1. The van der Waals surface area contributed by atoms with Crippen LogP contribution in [0.5, 0.6) is 0 Å². The molecule has 0 heterocycles. The minimum absolute atomic E-state index is 0.369. The van der Waals surface area contributed by atoms with Crippen molar-refractivity contribution in [2.45, 2.75) is 22.5 Å². The predicted octanol–water partition coefficient (Wildman–Crippen LogP) is 3.07. The fourth-order valence-corrected chi connectivity index (χ4v) is 1.10. The van der Waals surface area contributed by atoms with Crippen LogP contribution in [0, 0.1) is 5.92 Å². The van der Waals surface area contributed by atoms with Gasteiger partial charge in [-0.2, -0.15) is 0 Å². The van der Waals surface area contributed by atoms with Gasteiger partial charge in [0, 0.05) is 0 Å².